The first-order valence-corrected chi connectivity index (χ1v) is 8.85. The summed E-state index contributed by atoms with van der Waals surface area (Å²) in [6, 6.07) is 7.28. The molecule has 132 valence electrons. The molecule has 0 saturated carbocycles. The van der Waals surface area contributed by atoms with Crippen LogP contribution in [0, 0.1) is 6.92 Å². The van der Waals surface area contributed by atoms with E-state index in [1.54, 1.807) is 17.0 Å². The van der Waals surface area contributed by atoms with E-state index in [-0.39, 0.29) is 29.2 Å². The highest BCUT2D eigenvalue weighted by molar-refractivity contribution is 7.81. The van der Waals surface area contributed by atoms with Crippen molar-refractivity contribution in [3.63, 3.8) is 0 Å². The van der Waals surface area contributed by atoms with Gasteiger partial charge < -0.3 is 15.5 Å². The number of carbonyl (C=O) groups excluding carboxylic acids is 3. The van der Waals surface area contributed by atoms with Gasteiger partial charge in [0.05, 0.1) is 11.5 Å². The van der Waals surface area contributed by atoms with Gasteiger partial charge in [0.15, 0.2) is 0 Å². The Hall–Kier alpha value is -1.67. The smallest absolute Gasteiger partial charge is 0.253 e. The number of aryl methyl sites for hydroxylation is 1. The minimum atomic E-state index is -0.190. The Morgan fingerprint density at radius 2 is 1.38 bits per heavy atom. The molecule has 0 atom stereocenters. The second-order valence-electron chi connectivity index (χ2n) is 5.17. The summed E-state index contributed by atoms with van der Waals surface area (Å²) in [4.78, 5) is 36.7. The SMILES string of the molecule is Cc1ccc(C(=O)N(CCNC(=O)CS)CCNC(=O)CS)cc1. The molecule has 0 unspecified atom stereocenters. The molecule has 0 spiro atoms. The van der Waals surface area contributed by atoms with Crippen molar-refractivity contribution in [1.82, 2.24) is 15.5 Å². The Kier molecular flexibility index (Phi) is 9.33. The van der Waals surface area contributed by atoms with Gasteiger partial charge in [-0.3, -0.25) is 14.4 Å². The van der Waals surface area contributed by atoms with Gasteiger partial charge in [0.2, 0.25) is 11.8 Å². The van der Waals surface area contributed by atoms with Crippen molar-refractivity contribution in [3.05, 3.63) is 35.4 Å². The number of nitrogens with zero attached hydrogens (tertiary/aromatic N) is 1. The van der Waals surface area contributed by atoms with Crippen LogP contribution in [-0.4, -0.2) is 60.3 Å². The quantitative estimate of drug-likeness (QED) is 0.480. The summed E-state index contributed by atoms with van der Waals surface area (Å²) < 4.78 is 0. The molecule has 0 bridgehead atoms. The van der Waals surface area contributed by atoms with Gasteiger partial charge in [0.25, 0.3) is 5.91 Å². The van der Waals surface area contributed by atoms with Crippen LogP contribution >= 0.6 is 25.3 Å². The second kappa shape index (κ2) is 11.0. The lowest BCUT2D eigenvalue weighted by Gasteiger charge is -2.23. The number of thiol groups is 2. The summed E-state index contributed by atoms with van der Waals surface area (Å²) in [5.74, 6) is -0.322. The normalized spacial score (nSPS) is 10.1. The number of carbonyl (C=O) groups is 3. The molecule has 0 saturated heterocycles. The van der Waals surface area contributed by atoms with E-state index in [1.165, 1.54) is 0 Å². The maximum Gasteiger partial charge on any atom is 0.253 e. The summed E-state index contributed by atoms with van der Waals surface area (Å²) in [7, 11) is 0. The molecule has 0 heterocycles. The van der Waals surface area contributed by atoms with Crippen molar-refractivity contribution in [2.75, 3.05) is 37.7 Å². The average molecular weight is 370 g/mol. The Bertz CT molecular complexity index is 542. The Morgan fingerprint density at radius 1 is 0.917 bits per heavy atom. The molecule has 8 heteroatoms. The van der Waals surface area contributed by atoms with Crippen LogP contribution in [0.15, 0.2) is 24.3 Å². The van der Waals surface area contributed by atoms with Gasteiger partial charge in [-0.2, -0.15) is 25.3 Å². The van der Waals surface area contributed by atoms with Crippen molar-refractivity contribution >= 4 is 43.0 Å². The van der Waals surface area contributed by atoms with Crippen LogP contribution in [0.5, 0.6) is 0 Å². The third kappa shape index (κ3) is 7.27. The van der Waals surface area contributed by atoms with Crippen molar-refractivity contribution in [1.29, 1.82) is 0 Å². The van der Waals surface area contributed by atoms with E-state index >= 15 is 0 Å². The molecule has 0 aromatic heterocycles. The third-order valence-corrected chi connectivity index (χ3v) is 3.86. The molecule has 1 rings (SSSR count). The number of amides is 3. The first kappa shape index (κ1) is 20.4. The van der Waals surface area contributed by atoms with Gasteiger partial charge >= 0.3 is 0 Å². The number of rotatable bonds is 9. The Morgan fingerprint density at radius 3 is 1.79 bits per heavy atom. The number of hydrogen-bond acceptors (Lipinski definition) is 5. The molecule has 24 heavy (non-hydrogen) atoms. The zero-order valence-corrected chi connectivity index (χ0v) is 15.4. The minimum Gasteiger partial charge on any atom is -0.354 e. The van der Waals surface area contributed by atoms with Crippen LogP contribution in [0.25, 0.3) is 0 Å². The van der Waals surface area contributed by atoms with Gasteiger partial charge in [-0.15, -0.1) is 0 Å². The Balaban J connectivity index is 2.67. The fourth-order valence-corrected chi connectivity index (χ4v) is 2.19. The van der Waals surface area contributed by atoms with Crippen LogP contribution in [0.4, 0.5) is 0 Å². The molecule has 1 aromatic carbocycles. The lowest BCUT2D eigenvalue weighted by molar-refractivity contribution is -0.119. The van der Waals surface area contributed by atoms with Crippen LogP contribution in [0.3, 0.4) is 0 Å². The van der Waals surface area contributed by atoms with Crippen molar-refractivity contribution in [2.45, 2.75) is 6.92 Å². The summed E-state index contributed by atoms with van der Waals surface area (Å²) in [6.07, 6.45) is 0. The summed E-state index contributed by atoms with van der Waals surface area (Å²) in [5.41, 5.74) is 1.64. The maximum absolute atomic E-state index is 12.6. The second-order valence-corrected chi connectivity index (χ2v) is 5.81. The van der Waals surface area contributed by atoms with Crippen LogP contribution < -0.4 is 10.6 Å². The molecule has 1 aromatic rings. The number of benzene rings is 1. The van der Waals surface area contributed by atoms with E-state index in [4.69, 9.17) is 0 Å². The highest BCUT2D eigenvalue weighted by atomic mass is 32.1. The molecule has 6 nitrogen and oxygen atoms in total. The van der Waals surface area contributed by atoms with Crippen molar-refractivity contribution in [2.24, 2.45) is 0 Å². The zero-order chi connectivity index (χ0) is 17.9. The fraction of sp³-hybridized carbons (Fsp3) is 0.438. The van der Waals surface area contributed by atoms with Crippen molar-refractivity contribution < 1.29 is 14.4 Å². The van der Waals surface area contributed by atoms with Gasteiger partial charge in [-0.1, -0.05) is 17.7 Å². The number of nitrogens with one attached hydrogen (secondary N) is 2. The molecule has 0 aliphatic rings. The lowest BCUT2D eigenvalue weighted by Crippen LogP contribution is -2.43. The predicted molar refractivity (Wildman–Crippen MR) is 101 cm³/mol. The number of hydrogen-bond donors (Lipinski definition) is 4. The van der Waals surface area contributed by atoms with Gasteiger partial charge in [0, 0.05) is 31.7 Å². The van der Waals surface area contributed by atoms with E-state index in [0.717, 1.165) is 5.56 Å². The lowest BCUT2D eigenvalue weighted by atomic mass is 10.1. The van der Waals surface area contributed by atoms with Gasteiger partial charge in [-0.05, 0) is 19.1 Å². The van der Waals surface area contributed by atoms with E-state index in [0.29, 0.717) is 31.7 Å². The minimum absolute atomic E-state index is 0.101. The van der Waals surface area contributed by atoms with Crippen LogP contribution in [-0.2, 0) is 9.59 Å². The third-order valence-electron chi connectivity index (χ3n) is 3.28. The van der Waals surface area contributed by atoms with Gasteiger partial charge in [0.1, 0.15) is 0 Å². The fourth-order valence-electron chi connectivity index (χ4n) is 1.97. The summed E-state index contributed by atoms with van der Waals surface area (Å²) in [6.45, 7) is 3.31. The molecule has 0 radical (unpaired) electrons. The zero-order valence-electron chi connectivity index (χ0n) is 13.6. The highest BCUT2D eigenvalue weighted by Crippen LogP contribution is 2.07. The first-order chi connectivity index (χ1) is 11.5. The molecule has 2 N–H and O–H groups in total. The van der Waals surface area contributed by atoms with Crippen LogP contribution in [0.2, 0.25) is 0 Å². The Labute approximate surface area is 153 Å². The molecule has 3 amide bonds. The largest absolute Gasteiger partial charge is 0.354 e. The molecule has 0 fully saturated rings. The van der Waals surface area contributed by atoms with Crippen molar-refractivity contribution in [3.8, 4) is 0 Å². The summed E-state index contributed by atoms with van der Waals surface area (Å²) in [5, 5.41) is 5.36. The molecular formula is C16H23N3O3S2. The topological polar surface area (TPSA) is 78.5 Å². The highest BCUT2D eigenvalue weighted by Gasteiger charge is 2.15. The predicted octanol–water partition coefficient (Wildman–Crippen LogP) is 0.529. The summed E-state index contributed by atoms with van der Waals surface area (Å²) >= 11 is 7.78. The monoisotopic (exact) mass is 369 g/mol. The standard InChI is InChI=1S/C16H23N3O3S2/c1-12-2-4-13(5-3-12)16(22)19(8-6-17-14(20)10-23)9-7-18-15(21)11-24/h2-5,23-24H,6-11H2,1H3,(H,17,20)(H,18,21). The van der Waals surface area contributed by atoms with Crippen LogP contribution in [0.1, 0.15) is 15.9 Å². The van der Waals surface area contributed by atoms with E-state index in [9.17, 15) is 14.4 Å². The van der Waals surface area contributed by atoms with Gasteiger partial charge in [-0.25, -0.2) is 0 Å². The van der Waals surface area contributed by atoms with E-state index in [1.807, 2.05) is 19.1 Å². The molecule has 0 aliphatic carbocycles. The maximum atomic E-state index is 12.6. The first-order valence-electron chi connectivity index (χ1n) is 7.59. The molecule has 0 aliphatic heterocycles. The van der Waals surface area contributed by atoms with E-state index in [2.05, 4.69) is 35.9 Å². The van der Waals surface area contributed by atoms with E-state index < -0.39 is 0 Å². The molecular weight excluding hydrogens is 346 g/mol. The average Bonchev–Trinajstić information content (AvgIpc) is 2.59.